The maximum absolute atomic E-state index is 11.2. The molecule has 0 saturated carbocycles. The molecule has 1 atom stereocenters. The van der Waals surface area contributed by atoms with Gasteiger partial charge in [-0.05, 0) is 26.3 Å². The van der Waals surface area contributed by atoms with Crippen molar-refractivity contribution in [3.05, 3.63) is 0 Å². The highest BCUT2D eigenvalue weighted by molar-refractivity contribution is 7.91. The number of hydrogen-bond donors (Lipinski definition) is 1. The Balaban J connectivity index is 3.47. The second-order valence-electron chi connectivity index (χ2n) is 3.69. The first kappa shape index (κ1) is 13.9. The normalized spacial score (nSPS) is 14.2. The van der Waals surface area contributed by atoms with E-state index < -0.39 is 9.84 Å². The largest absolute Gasteiger partial charge is 0.315 e. The molecule has 1 N–H and O–H groups in total. The fraction of sp³-hybridized carbons (Fsp3) is 1.00. The maximum atomic E-state index is 11.2. The topological polar surface area (TPSA) is 46.2 Å². The van der Waals surface area contributed by atoms with E-state index in [0.717, 1.165) is 25.8 Å². The van der Waals surface area contributed by atoms with Gasteiger partial charge in [-0.15, -0.1) is 0 Å². The Morgan fingerprint density at radius 1 is 1.21 bits per heavy atom. The summed E-state index contributed by atoms with van der Waals surface area (Å²) in [5, 5.41) is 3.31. The Bertz CT molecular complexity index is 224. The fourth-order valence-electron chi connectivity index (χ4n) is 1.37. The van der Waals surface area contributed by atoms with Crippen LogP contribution in [0.1, 0.15) is 40.0 Å². The molecule has 0 heterocycles. The van der Waals surface area contributed by atoms with Gasteiger partial charge >= 0.3 is 0 Å². The first-order valence-electron chi connectivity index (χ1n) is 5.45. The van der Waals surface area contributed by atoms with Crippen molar-refractivity contribution in [3.63, 3.8) is 0 Å². The zero-order valence-corrected chi connectivity index (χ0v) is 10.4. The highest BCUT2D eigenvalue weighted by Crippen LogP contribution is 2.03. The summed E-state index contributed by atoms with van der Waals surface area (Å²) in [5.74, 6) is 0.623. The minimum atomic E-state index is -2.75. The standard InChI is InChI=1S/C10H23NO2S/c1-4-11-10(3)8-6-7-9-14(12,13)5-2/h10-11H,4-9H2,1-3H3. The zero-order chi connectivity index (χ0) is 11.0. The minimum Gasteiger partial charge on any atom is -0.315 e. The van der Waals surface area contributed by atoms with Gasteiger partial charge in [0, 0.05) is 11.8 Å². The van der Waals surface area contributed by atoms with Crippen LogP contribution >= 0.6 is 0 Å². The molecule has 0 amide bonds. The van der Waals surface area contributed by atoms with Gasteiger partial charge < -0.3 is 5.32 Å². The van der Waals surface area contributed by atoms with Crippen LogP contribution in [0.15, 0.2) is 0 Å². The molecule has 86 valence electrons. The predicted octanol–water partition coefficient (Wildman–Crippen LogP) is 1.59. The van der Waals surface area contributed by atoms with Crippen LogP contribution in [0.25, 0.3) is 0 Å². The molecule has 0 spiro atoms. The van der Waals surface area contributed by atoms with E-state index in [9.17, 15) is 8.42 Å². The molecule has 14 heavy (non-hydrogen) atoms. The summed E-state index contributed by atoms with van der Waals surface area (Å²) in [7, 11) is -2.75. The number of nitrogens with one attached hydrogen (secondary N) is 1. The van der Waals surface area contributed by atoms with Gasteiger partial charge in [0.2, 0.25) is 0 Å². The van der Waals surface area contributed by atoms with Gasteiger partial charge in [-0.25, -0.2) is 8.42 Å². The molecule has 0 aliphatic rings. The third kappa shape index (κ3) is 7.33. The van der Waals surface area contributed by atoms with E-state index in [1.54, 1.807) is 6.92 Å². The van der Waals surface area contributed by atoms with Crippen LogP contribution in [0.3, 0.4) is 0 Å². The molecule has 0 aromatic rings. The summed E-state index contributed by atoms with van der Waals surface area (Å²) in [4.78, 5) is 0. The molecule has 3 nitrogen and oxygen atoms in total. The van der Waals surface area contributed by atoms with E-state index >= 15 is 0 Å². The molecule has 0 rings (SSSR count). The third-order valence-corrected chi connectivity index (χ3v) is 4.13. The second kappa shape index (κ2) is 7.23. The smallest absolute Gasteiger partial charge is 0.150 e. The maximum Gasteiger partial charge on any atom is 0.150 e. The first-order valence-corrected chi connectivity index (χ1v) is 7.27. The molecule has 0 saturated heterocycles. The predicted molar refractivity (Wildman–Crippen MR) is 61.3 cm³/mol. The van der Waals surface area contributed by atoms with E-state index in [1.165, 1.54) is 0 Å². The molecular weight excluding hydrogens is 198 g/mol. The SMILES string of the molecule is CCNC(C)CCCCS(=O)(=O)CC. The van der Waals surface area contributed by atoms with E-state index in [2.05, 4.69) is 19.2 Å². The van der Waals surface area contributed by atoms with Crippen LogP contribution in [0.4, 0.5) is 0 Å². The number of unbranched alkanes of at least 4 members (excludes halogenated alkanes) is 1. The van der Waals surface area contributed by atoms with Crippen LogP contribution in [0.5, 0.6) is 0 Å². The van der Waals surface area contributed by atoms with Crippen molar-refractivity contribution in [3.8, 4) is 0 Å². The van der Waals surface area contributed by atoms with Crippen LogP contribution in [-0.2, 0) is 9.84 Å². The van der Waals surface area contributed by atoms with Gasteiger partial charge in [-0.2, -0.15) is 0 Å². The molecule has 0 aliphatic carbocycles. The van der Waals surface area contributed by atoms with E-state index in [0.29, 0.717) is 11.8 Å². The van der Waals surface area contributed by atoms with Crippen LogP contribution in [-0.4, -0.2) is 32.5 Å². The molecule has 1 unspecified atom stereocenters. The summed E-state index contributed by atoms with van der Waals surface area (Å²) in [6.07, 6.45) is 2.85. The lowest BCUT2D eigenvalue weighted by Gasteiger charge is -2.11. The van der Waals surface area contributed by atoms with Gasteiger partial charge in [0.25, 0.3) is 0 Å². The van der Waals surface area contributed by atoms with Gasteiger partial charge in [-0.1, -0.05) is 20.3 Å². The number of hydrogen-bond acceptors (Lipinski definition) is 3. The van der Waals surface area contributed by atoms with Gasteiger partial charge in [0.1, 0.15) is 9.84 Å². The Morgan fingerprint density at radius 3 is 2.36 bits per heavy atom. The Hall–Kier alpha value is -0.0900. The van der Waals surface area contributed by atoms with E-state index in [4.69, 9.17) is 0 Å². The van der Waals surface area contributed by atoms with Gasteiger partial charge in [0.05, 0.1) is 5.75 Å². The Kier molecular flexibility index (Phi) is 7.19. The lowest BCUT2D eigenvalue weighted by molar-refractivity contribution is 0.507. The summed E-state index contributed by atoms with van der Waals surface area (Å²) < 4.78 is 22.3. The van der Waals surface area contributed by atoms with Crippen molar-refractivity contribution in [1.82, 2.24) is 5.32 Å². The fourth-order valence-corrected chi connectivity index (χ4v) is 2.30. The van der Waals surface area contributed by atoms with Crippen molar-refractivity contribution >= 4 is 9.84 Å². The summed E-state index contributed by atoms with van der Waals surface area (Å²) in [5.41, 5.74) is 0. The van der Waals surface area contributed by atoms with Crippen molar-refractivity contribution in [2.45, 2.75) is 46.1 Å². The molecule has 0 bridgehead atoms. The molecular formula is C10H23NO2S. The summed E-state index contributed by atoms with van der Waals surface area (Å²) in [6.45, 7) is 6.90. The Labute approximate surface area is 88.2 Å². The van der Waals surface area contributed by atoms with Crippen LogP contribution in [0.2, 0.25) is 0 Å². The van der Waals surface area contributed by atoms with E-state index in [1.807, 2.05) is 0 Å². The number of rotatable bonds is 8. The first-order chi connectivity index (χ1) is 6.52. The molecule has 0 aliphatic heterocycles. The highest BCUT2D eigenvalue weighted by Gasteiger charge is 2.07. The molecule has 4 heteroatoms. The second-order valence-corrected chi connectivity index (χ2v) is 6.16. The molecule has 0 fully saturated rings. The van der Waals surface area contributed by atoms with Crippen molar-refractivity contribution in [2.75, 3.05) is 18.1 Å². The quantitative estimate of drug-likeness (QED) is 0.633. The summed E-state index contributed by atoms with van der Waals surface area (Å²) >= 11 is 0. The lowest BCUT2D eigenvalue weighted by atomic mass is 10.1. The lowest BCUT2D eigenvalue weighted by Crippen LogP contribution is -2.25. The molecule has 0 aromatic heterocycles. The summed E-state index contributed by atoms with van der Waals surface area (Å²) in [6, 6.07) is 0.504. The number of sulfone groups is 1. The van der Waals surface area contributed by atoms with Crippen LogP contribution in [0, 0.1) is 0 Å². The minimum absolute atomic E-state index is 0.274. The average molecular weight is 221 g/mol. The van der Waals surface area contributed by atoms with Gasteiger partial charge in [0.15, 0.2) is 0 Å². The monoisotopic (exact) mass is 221 g/mol. The zero-order valence-electron chi connectivity index (χ0n) is 9.54. The van der Waals surface area contributed by atoms with Crippen molar-refractivity contribution in [1.29, 1.82) is 0 Å². The Morgan fingerprint density at radius 2 is 1.86 bits per heavy atom. The van der Waals surface area contributed by atoms with E-state index in [-0.39, 0.29) is 5.75 Å². The average Bonchev–Trinajstić information content (AvgIpc) is 2.13. The third-order valence-electron chi connectivity index (χ3n) is 2.33. The van der Waals surface area contributed by atoms with Crippen molar-refractivity contribution < 1.29 is 8.42 Å². The molecule has 0 radical (unpaired) electrons. The van der Waals surface area contributed by atoms with Crippen LogP contribution < -0.4 is 5.32 Å². The molecule has 0 aromatic carbocycles. The van der Waals surface area contributed by atoms with Crippen molar-refractivity contribution in [2.24, 2.45) is 0 Å². The van der Waals surface area contributed by atoms with Gasteiger partial charge in [-0.3, -0.25) is 0 Å². The highest BCUT2D eigenvalue weighted by atomic mass is 32.2.